The molecule has 3 heteroatoms. The fourth-order valence-electron chi connectivity index (χ4n) is 2.43. The molecule has 0 amide bonds. The number of rotatable bonds is 1. The highest BCUT2D eigenvalue weighted by atomic mass is 35.5. The lowest BCUT2D eigenvalue weighted by atomic mass is 9.99. The van der Waals surface area contributed by atoms with Gasteiger partial charge in [-0.05, 0) is 30.2 Å². The molecular formula is C13H13ClN2. The van der Waals surface area contributed by atoms with Crippen LogP contribution in [0.2, 0.25) is 5.02 Å². The van der Waals surface area contributed by atoms with Gasteiger partial charge in [-0.1, -0.05) is 17.7 Å². The molecule has 1 aliphatic rings. The number of hydrogen-bond acceptors (Lipinski definition) is 1. The van der Waals surface area contributed by atoms with Crippen molar-refractivity contribution in [2.45, 2.75) is 12.5 Å². The molecule has 2 nitrogen and oxygen atoms in total. The number of halogens is 1. The lowest BCUT2D eigenvalue weighted by Crippen LogP contribution is -2.28. The monoisotopic (exact) mass is 232 g/mol. The molecule has 2 heterocycles. The van der Waals surface area contributed by atoms with Crippen LogP contribution in [0, 0.1) is 0 Å². The fourth-order valence-corrected chi connectivity index (χ4v) is 2.60. The van der Waals surface area contributed by atoms with E-state index in [9.17, 15) is 0 Å². The molecule has 0 spiro atoms. The standard InChI is InChI=1S/C13H13ClN2/c1-2-11-13-9(5-6-15-11)10-7-8(14)3-4-12(10)16-13/h2-4,7,11,15-16H,1,5-6H2. The number of aromatic amines is 1. The van der Waals surface area contributed by atoms with Gasteiger partial charge >= 0.3 is 0 Å². The van der Waals surface area contributed by atoms with Crippen LogP contribution in [0.3, 0.4) is 0 Å². The van der Waals surface area contributed by atoms with Crippen molar-refractivity contribution < 1.29 is 0 Å². The Bertz CT molecular complexity index is 556. The number of H-pyrrole nitrogens is 1. The van der Waals surface area contributed by atoms with Crippen LogP contribution in [0.4, 0.5) is 0 Å². The molecular weight excluding hydrogens is 220 g/mol. The van der Waals surface area contributed by atoms with Crippen molar-refractivity contribution in [2.75, 3.05) is 6.54 Å². The van der Waals surface area contributed by atoms with Crippen molar-refractivity contribution in [1.29, 1.82) is 0 Å². The third-order valence-electron chi connectivity index (χ3n) is 3.19. The Morgan fingerprint density at radius 1 is 1.44 bits per heavy atom. The molecule has 1 aromatic heterocycles. The first-order valence-electron chi connectivity index (χ1n) is 5.45. The van der Waals surface area contributed by atoms with Crippen molar-refractivity contribution >= 4 is 22.5 Å². The topological polar surface area (TPSA) is 27.8 Å². The number of fused-ring (bicyclic) bond motifs is 3. The molecule has 0 radical (unpaired) electrons. The maximum atomic E-state index is 6.04. The van der Waals surface area contributed by atoms with Crippen molar-refractivity contribution in [1.82, 2.24) is 10.3 Å². The maximum absolute atomic E-state index is 6.04. The third-order valence-corrected chi connectivity index (χ3v) is 3.42. The minimum absolute atomic E-state index is 0.231. The zero-order valence-electron chi connectivity index (χ0n) is 8.89. The average Bonchev–Trinajstić information content (AvgIpc) is 2.67. The molecule has 1 unspecified atom stereocenters. The second kappa shape index (κ2) is 3.65. The molecule has 3 rings (SSSR count). The second-order valence-electron chi connectivity index (χ2n) is 4.12. The number of hydrogen-bond donors (Lipinski definition) is 2. The molecule has 1 aromatic carbocycles. The van der Waals surface area contributed by atoms with Crippen LogP contribution >= 0.6 is 11.6 Å². The molecule has 0 saturated carbocycles. The molecule has 0 saturated heterocycles. The summed E-state index contributed by atoms with van der Waals surface area (Å²) in [7, 11) is 0. The quantitative estimate of drug-likeness (QED) is 0.727. The summed E-state index contributed by atoms with van der Waals surface area (Å²) >= 11 is 6.04. The Morgan fingerprint density at radius 3 is 3.12 bits per heavy atom. The number of benzene rings is 1. The van der Waals surface area contributed by atoms with Gasteiger partial charge in [0.1, 0.15) is 0 Å². The number of aromatic nitrogens is 1. The van der Waals surface area contributed by atoms with Gasteiger partial charge in [-0.25, -0.2) is 0 Å². The highest BCUT2D eigenvalue weighted by Gasteiger charge is 2.21. The van der Waals surface area contributed by atoms with Crippen molar-refractivity contribution in [2.24, 2.45) is 0 Å². The van der Waals surface area contributed by atoms with Crippen LogP contribution in [-0.2, 0) is 6.42 Å². The molecule has 1 aliphatic heterocycles. The van der Waals surface area contributed by atoms with E-state index in [0.717, 1.165) is 23.5 Å². The first kappa shape index (κ1) is 9.94. The molecule has 16 heavy (non-hydrogen) atoms. The van der Waals surface area contributed by atoms with Gasteiger partial charge in [0.15, 0.2) is 0 Å². The van der Waals surface area contributed by atoms with Gasteiger partial charge < -0.3 is 10.3 Å². The Kier molecular flexibility index (Phi) is 2.27. The van der Waals surface area contributed by atoms with E-state index in [1.807, 2.05) is 24.3 Å². The van der Waals surface area contributed by atoms with E-state index in [1.54, 1.807) is 0 Å². The van der Waals surface area contributed by atoms with E-state index in [4.69, 9.17) is 11.6 Å². The summed E-state index contributed by atoms with van der Waals surface area (Å²) in [6.45, 7) is 4.85. The van der Waals surface area contributed by atoms with E-state index < -0.39 is 0 Å². The van der Waals surface area contributed by atoms with Gasteiger partial charge in [-0.2, -0.15) is 0 Å². The van der Waals surface area contributed by atoms with Crippen LogP contribution < -0.4 is 5.32 Å². The predicted octanol–water partition coefficient (Wildman–Crippen LogP) is 3.19. The largest absolute Gasteiger partial charge is 0.357 e. The van der Waals surface area contributed by atoms with Gasteiger partial charge in [-0.15, -0.1) is 6.58 Å². The minimum Gasteiger partial charge on any atom is -0.357 e. The molecule has 0 fully saturated rings. The fraction of sp³-hybridized carbons (Fsp3) is 0.231. The van der Waals surface area contributed by atoms with E-state index in [1.165, 1.54) is 16.6 Å². The summed E-state index contributed by atoms with van der Waals surface area (Å²) in [4.78, 5) is 3.45. The first-order chi connectivity index (χ1) is 7.79. The maximum Gasteiger partial charge on any atom is 0.0659 e. The summed E-state index contributed by atoms with van der Waals surface area (Å²) < 4.78 is 0. The summed E-state index contributed by atoms with van der Waals surface area (Å²) in [6, 6.07) is 6.23. The lowest BCUT2D eigenvalue weighted by Gasteiger charge is -2.21. The Balaban J connectivity index is 2.28. The van der Waals surface area contributed by atoms with Crippen LogP contribution in [0.1, 0.15) is 17.3 Å². The molecule has 2 aromatic rings. The van der Waals surface area contributed by atoms with Crippen molar-refractivity contribution in [3.8, 4) is 0 Å². The Hall–Kier alpha value is -1.25. The van der Waals surface area contributed by atoms with E-state index >= 15 is 0 Å². The minimum atomic E-state index is 0.231. The summed E-state index contributed by atoms with van der Waals surface area (Å²) in [6.07, 6.45) is 2.98. The summed E-state index contributed by atoms with van der Waals surface area (Å²) in [5.74, 6) is 0. The summed E-state index contributed by atoms with van der Waals surface area (Å²) in [5.41, 5.74) is 3.77. The zero-order chi connectivity index (χ0) is 11.1. The Labute approximate surface area is 99.3 Å². The molecule has 82 valence electrons. The Morgan fingerprint density at radius 2 is 2.31 bits per heavy atom. The molecule has 0 aliphatic carbocycles. The predicted molar refractivity (Wildman–Crippen MR) is 68.0 cm³/mol. The van der Waals surface area contributed by atoms with Gasteiger partial charge in [0, 0.05) is 28.2 Å². The zero-order valence-corrected chi connectivity index (χ0v) is 9.64. The summed E-state index contributed by atoms with van der Waals surface area (Å²) in [5, 5.41) is 5.46. The lowest BCUT2D eigenvalue weighted by molar-refractivity contribution is 0.574. The van der Waals surface area contributed by atoms with Gasteiger partial charge in [-0.3, -0.25) is 0 Å². The molecule has 1 atom stereocenters. The SMILES string of the molecule is C=CC1NCCc2c1[nH]c1ccc(Cl)cc21. The highest BCUT2D eigenvalue weighted by molar-refractivity contribution is 6.31. The smallest absolute Gasteiger partial charge is 0.0659 e. The van der Waals surface area contributed by atoms with E-state index in [2.05, 4.69) is 16.9 Å². The number of nitrogens with one attached hydrogen (secondary N) is 2. The van der Waals surface area contributed by atoms with Gasteiger partial charge in [0.25, 0.3) is 0 Å². The van der Waals surface area contributed by atoms with Gasteiger partial charge in [0.05, 0.1) is 6.04 Å². The normalized spacial score (nSPS) is 19.7. The third kappa shape index (κ3) is 1.38. The second-order valence-corrected chi connectivity index (χ2v) is 4.56. The van der Waals surface area contributed by atoms with Crippen LogP contribution in [0.25, 0.3) is 10.9 Å². The van der Waals surface area contributed by atoms with Crippen LogP contribution in [0.15, 0.2) is 30.9 Å². The molecule has 0 bridgehead atoms. The van der Waals surface area contributed by atoms with Gasteiger partial charge in [0.2, 0.25) is 0 Å². The first-order valence-corrected chi connectivity index (χ1v) is 5.83. The van der Waals surface area contributed by atoms with Crippen molar-refractivity contribution in [3.05, 3.63) is 47.1 Å². The van der Waals surface area contributed by atoms with E-state index in [0.29, 0.717) is 0 Å². The van der Waals surface area contributed by atoms with Crippen LogP contribution in [0.5, 0.6) is 0 Å². The average molecular weight is 233 g/mol. The van der Waals surface area contributed by atoms with Crippen molar-refractivity contribution in [3.63, 3.8) is 0 Å². The highest BCUT2D eigenvalue weighted by Crippen LogP contribution is 2.31. The molecule has 2 N–H and O–H groups in total. The van der Waals surface area contributed by atoms with Crippen LogP contribution in [-0.4, -0.2) is 11.5 Å². The van der Waals surface area contributed by atoms with E-state index in [-0.39, 0.29) is 6.04 Å².